The molecule has 0 bridgehead atoms. The second-order valence-electron chi connectivity index (χ2n) is 3.43. The fourth-order valence-electron chi connectivity index (χ4n) is 1.41. The quantitative estimate of drug-likeness (QED) is 0.568. The molecule has 0 aliphatic rings. The third-order valence-corrected chi connectivity index (χ3v) is 2.28. The number of rotatable bonds is 5. The highest BCUT2D eigenvalue weighted by atomic mass is 16.6. The Labute approximate surface area is 92.2 Å². The Morgan fingerprint density at radius 3 is 2.38 bits per heavy atom. The van der Waals surface area contributed by atoms with Crippen molar-refractivity contribution in [3.8, 4) is 0 Å². The van der Waals surface area contributed by atoms with Gasteiger partial charge in [-0.25, -0.2) is 0 Å². The molecular formula is C10H12N2O4. The fourth-order valence-corrected chi connectivity index (χ4v) is 1.41. The number of aryl methyl sites for hydroxylation is 1. The molecule has 0 aliphatic heterocycles. The minimum atomic E-state index is -0.628. The van der Waals surface area contributed by atoms with E-state index in [4.69, 9.17) is 0 Å². The normalized spacial score (nSPS) is 10.1. The molecule has 0 aromatic heterocycles. The van der Waals surface area contributed by atoms with Gasteiger partial charge in [0.05, 0.1) is 15.9 Å². The van der Waals surface area contributed by atoms with Gasteiger partial charge in [0.25, 0.3) is 11.4 Å². The summed E-state index contributed by atoms with van der Waals surface area (Å²) >= 11 is 0. The molecule has 0 unspecified atom stereocenters. The maximum absolute atomic E-state index is 10.7. The Kier molecular flexibility index (Phi) is 3.93. The van der Waals surface area contributed by atoms with Crippen LogP contribution in [0.25, 0.3) is 0 Å². The van der Waals surface area contributed by atoms with Gasteiger partial charge in [0.1, 0.15) is 0 Å². The van der Waals surface area contributed by atoms with E-state index in [-0.39, 0.29) is 11.4 Å². The van der Waals surface area contributed by atoms with Crippen molar-refractivity contribution in [2.24, 2.45) is 0 Å². The molecule has 0 heterocycles. The largest absolute Gasteiger partial charge is 0.279 e. The van der Waals surface area contributed by atoms with Crippen molar-refractivity contribution in [1.29, 1.82) is 0 Å². The van der Waals surface area contributed by atoms with Gasteiger partial charge in [-0.3, -0.25) is 20.2 Å². The summed E-state index contributed by atoms with van der Waals surface area (Å²) < 4.78 is 0. The van der Waals surface area contributed by atoms with E-state index in [9.17, 15) is 20.2 Å². The molecule has 0 radical (unpaired) electrons. The summed E-state index contributed by atoms with van der Waals surface area (Å²) in [7, 11) is 0. The third-order valence-electron chi connectivity index (χ3n) is 2.28. The van der Waals surface area contributed by atoms with Crippen LogP contribution in [0.2, 0.25) is 0 Å². The van der Waals surface area contributed by atoms with Crippen molar-refractivity contribution in [2.45, 2.75) is 26.2 Å². The van der Waals surface area contributed by atoms with E-state index < -0.39 is 9.85 Å². The van der Waals surface area contributed by atoms with Crippen LogP contribution in [-0.2, 0) is 6.42 Å². The molecule has 0 aliphatic carbocycles. The standard InChI is InChI=1S/C10H12N2O4/c1-2-3-4-8-5-6-9(11(13)14)7-10(8)12(15)16/h5-7H,2-4H2,1H3. The Bertz CT molecular complexity index is 417. The summed E-state index contributed by atoms with van der Waals surface area (Å²) in [4.78, 5) is 20.0. The Morgan fingerprint density at radius 1 is 1.19 bits per heavy atom. The highest BCUT2D eigenvalue weighted by molar-refractivity contribution is 5.49. The number of hydrogen-bond acceptors (Lipinski definition) is 4. The van der Waals surface area contributed by atoms with Gasteiger partial charge >= 0.3 is 0 Å². The van der Waals surface area contributed by atoms with Crippen LogP contribution in [-0.4, -0.2) is 9.85 Å². The maximum atomic E-state index is 10.7. The lowest BCUT2D eigenvalue weighted by Gasteiger charge is -2.01. The Hall–Kier alpha value is -1.98. The zero-order valence-electron chi connectivity index (χ0n) is 8.88. The summed E-state index contributed by atoms with van der Waals surface area (Å²) in [5, 5.41) is 21.2. The zero-order valence-corrected chi connectivity index (χ0v) is 8.88. The van der Waals surface area contributed by atoms with E-state index in [2.05, 4.69) is 0 Å². The predicted octanol–water partition coefficient (Wildman–Crippen LogP) is 2.85. The van der Waals surface area contributed by atoms with Gasteiger partial charge in [-0.1, -0.05) is 13.3 Å². The predicted molar refractivity (Wildman–Crippen MR) is 58.4 cm³/mol. The van der Waals surface area contributed by atoms with Gasteiger partial charge in [0, 0.05) is 11.6 Å². The van der Waals surface area contributed by atoms with Crippen molar-refractivity contribution in [2.75, 3.05) is 0 Å². The number of hydrogen-bond donors (Lipinski definition) is 0. The lowest BCUT2D eigenvalue weighted by Crippen LogP contribution is -1.97. The molecular weight excluding hydrogens is 212 g/mol. The minimum absolute atomic E-state index is 0.164. The second-order valence-corrected chi connectivity index (χ2v) is 3.43. The van der Waals surface area contributed by atoms with Crippen LogP contribution in [0.1, 0.15) is 25.3 Å². The third kappa shape index (κ3) is 2.75. The van der Waals surface area contributed by atoms with Gasteiger partial charge in [0.15, 0.2) is 0 Å². The number of nitro benzene ring substituents is 2. The summed E-state index contributed by atoms with van der Waals surface area (Å²) in [5.41, 5.74) is 0.145. The molecule has 0 saturated heterocycles. The monoisotopic (exact) mass is 224 g/mol. The van der Waals surface area contributed by atoms with E-state index in [1.165, 1.54) is 12.1 Å². The first-order valence-corrected chi connectivity index (χ1v) is 4.98. The smallest absolute Gasteiger partial charge is 0.258 e. The molecule has 0 amide bonds. The number of nitro groups is 2. The molecule has 6 heteroatoms. The Morgan fingerprint density at radius 2 is 1.88 bits per heavy atom. The van der Waals surface area contributed by atoms with E-state index in [0.29, 0.717) is 12.0 Å². The first-order chi connectivity index (χ1) is 7.56. The highest BCUT2D eigenvalue weighted by Gasteiger charge is 2.18. The van der Waals surface area contributed by atoms with Crippen molar-refractivity contribution in [3.63, 3.8) is 0 Å². The number of unbranched alkanes of at least 4 members (excludes halogenated alkanes) is 1. The minimum Gasteiger partial charge on any atom is -0.258 e. The van der Waals surface area contributed by atoms with Crippen LogP contribution < -0.4 is 0 Å². The maximum Gasteiger partial charge on any atom is 0.279 e. The molecule has 16 heavy (non-hydrogen) atoms. The van der Waals surface area contributed by atoms with E-state index in [0.717, 1.165) is 18.9 Å². The van der Waals surface area contributed by atoms with Crippen LogP contribution in [0.5, 0.6) is 0 Å². The summed E-state index contributed by atoms with van der Waals surface area (Å²) in [6, 6.07) is 3.79. The van der Waals surface area contributed by atoms with Crippen LogP contribution in [0, 0.1) is 20.2 Å². The van der Waals surface area contributed by atoms with Gasteiger partial charge < -0.3 is 0 Å². The SMILES string of the molecule is CCCCc1ccc([N+](=O)[O-])cc1[N+](=O)[O-]. The molecule has 6 nitrogen and oxygen atoms in total. The topological polar surface area (TPSA) is 86.3 Å². The van der Waals surface area contributed by atoms with Crippen LogP contribution in [0.3, 0.4) is 0 Å². The number of benzene rings is 1. The molecule has 0 saturated carbocycles. The summed E-state index contributed by atoms with van der Waals surface area (Å²) in [6.45, 7) is 1.98. The number of non-ortho nitro benzene ring substituents is 1. The highest BCUT2D eigenvalue weighted by Crippen LogP contribution is 2.25. The van der Waals surface area contributed by atoms with Crippen molar-refractivity contribution >= 4 is 11.4 Å². The first kappa shape index (κ1) is 12.1. The molecule has 0 spiro atoms. The van der Waals surface area contributed by atoms with Gasteiger partial charge in [0.2, 0.25) is 0 Å². The van der Waals surface area contributed by atoms with Gasteiger partial charge in [-0.2, -0.15) is 0 Å². The molecule has 1 aromatic carbocycles. The van der Waals surface area contributed by atoms with E-state index in [1.807, 2.05) is 6.92 Å². The van der Waals surface area contributed by atoms with E-state index >= 15 is 0 Å². The van der Waals surface area contributed by atoms with Gasteiger partial charge in [-0.15, -0.1) is 0 Å². The van der Waals surface area contributed by atoms with Crippen molar-refractivity contribution < 1.29 is 9.85 Å². The number of nitrogens with zero attached hydrogens (tertiary/aromatic N) is 2. The molecule has 0 fully saturated rings. The van der Waals surface area contributed by atoms with E-state index in [1.54, 1.807) is 0 Å². The van der Waals surface area contributed by atoms with Crippen molar-refractivity contribution in [3.05, 3.63) is 44.0 Å². The Balaban J connectivity index is 3.09. The molecule has 0 atom stereocenters. The zero-order chi connectivity index (χ0) is 12.1. The average molecular weight is 224 g/mol. The van der Waals surface area contributed by atoms with Crippen LogP contribution >= 0.6 is 0 Å². The lowest BCUT2D eigenvalue weighted by molar-refractivity contribution is -0.394. The van der Waals surface area contributed by atoms with Crippen LogP contribution in [0.15, 0.2) is 18.2 Å². The second kappa shape index (κ2) is 5.20. The summed E-state index contributed by atoms with van der Waals surface area (Å²) in [5.74, 6) is 0. The average Bonchev–Trinajstić information content (AvgIpc) is 2.25. The molecule has 1 rings (SSSR count). The molecule has 86 valence electrons. The fraction of sp³-hybridized carbons (Fsp3) is 0.400. The van der Waals surface area contributed by atoms with Gasteiger partial charge in [-0.05, 0) is 18.9 Å². The van der Waals surface area contributed by atoms with Crippen molar-refractivity contribution in [1.82, 2.24) is 0 Å². The summed E-state index contributed by atoms with van der Waals surface area (Å²) in [6.07, 6.45) is 2.33. The molecule has 0 N–H and O–H groups in total. The lowest BCUT2D eigenvalue weighted by atomic mass is 10.1. The first-order valence-electron chi connectivity index (χ1n) is 4.98. The van der Waals surface area contributed by atoms with Crippen LogP contribution in [0.4, 0.5) is 11.4 Å². The molecule has 1 aromatic rings.